The maximum atomic E-state index is 12.7. The largest absolute Gasteiger partial charge is 0.391 e. The number of carbonyl (C=O) groups is 1. The Bertz CT molecular complexity index is 1470. The second-order valence-corrected chi connectivity index (χ2v) is 14.1. The van der Waals surface area contributed by atoms with E-state index in [4.69, 9.17) is 5.73 Å². The van der Waals surface area contributed by atoms with Crippen LogP contribution in [0.1, 0.15) is 113 Å². The molecule has 0 saturated carbocycles. The van der Waals surface area contributed by atoms with Crippen LogP contribution in [0.2, 0.25) is 0 Å². The molecule has 4 N–H and O–H groups in total. The van der Waals surface area contributed by atoms with Crippen LogP contribution in [0.15, 0.2) is 120 Å². The van der Waals surface area contributed by atoms with Crippen molar-refractivity contribution in [3.8, 4) is 0 Å². The third-order valence-corrected chi connectivity index (χ3v) is 9.41. The van der Waals surface area contributed by atoms with Gasteiger partial charge in [0.15, 0.2) is 0 Å². The van der Waals surface area contributed by atoms with Crippen molar-refractivity contribution in [3.63, 3.8) is 0 Å². The normalized spacial score (nSPS) is 17.6. The molecule has 0 radical (unpaired) electrons. The number of hydrogen-bond acceptors (Lipinski definition) is 7. The highest BCUT2D eigenvalue weighted by atomic mass is 19.1. The summed E-state index contributed by atoms with van der Waals surface area (Å²) in [6.07, 6.45) is 20.5. The first-order chi connectivity index (χ1) is 27.2. The van der Waals surface area contributed by atoms with Gasteiger partial charge in [0.05, 0.1) is 0 Å². The smallest absolute Gasteiger partial charge is 0.143 e. The predicted molar refractivity (Wildman–Crippen MR) is 251 cm³/mol. The van der Waals surface area contributed by atoms with Gasteiger partial charge in [-0.05, 0) is 88.4 Å². The number of aliphatic imine (C=N–C) groups is 1. The van der Waals surface area contributed by atoms with Crippen molar-refractivity contribution >= 4 is 18.1 Å². The Morgan fingerprint density at radius 2 is 1.72 bits per heavy atom. The van der Waals surface area contributed by atoms with Crippen LogP contribution < -0.4 is 16.4 Å². The number of allylic oxidation sites excluding steroid dienone is 7. The van der Waals surface area contributed by atoms with Gasteiger partial charge in [0.25, 0.3) is 0 Å². The average Bonchev–Trinajstić information content (AvgIpc) is 3.38. The molecule has 1 fully saturated rings. The molecule has 0 aliphatic carbocycles. The van der Waals surface area contributed by atoms with Gasteiger partial charge in [-0.25, -0.2) is 4.39 Å². The van der Waals surface area contributed by atoms with Gasteiger partial charge in [-0.3, -0.25) is 9.89 Å². The topological polar surface area (TPSA) is 86.0 Å². The molecule has 1 aromatic carbocycles. The fourth-order valence-electron chi connectivity index (χ4n) is 5.67. The molecular weight excluding hydrogens is 708 g/mol. The van der Waals surface area contributed by atoms with Crippen molar-refractivity contribution in [2.45, 2.75) is 119 Å². The molecule has 0 spiro atoms. The van der Waals surface area contributed by atoms with Gasteiger partial charge in [-0.1, -0.05) is 122 Å². The van der Waals surface area contributed by atoms with Crippen LogP contribution >= 0.6 is 0 Å². The van der Waals surface area contributed by atoms with E-state index >= 15 is 0 Å². The van der Waals surface area contributed by atoms with E-state index < -0.39 is 0 Å². The summed E-state index contributed by atoms with van der Waals surface area (Å²) in [4.78, 5) is 20.2. The summed E-state index contributed by atoms with van der Waals surface area (Å²) in [7, 11) is 1.83. The minimum absolute atomic E-state index is 0.0365. The molecule has 320 valence electrons. The number of benzene rings is 1. The van der Waals surface area contributed by atoms with Crippen molar-refractivity contribution < 1.29 is 9.18 Å². The number of nitrogens with one attached hydrogen (secondary N) is 2. The van der Waals surface area contributed by atoms with Gasteiger partial charge in [-0.15, -0.1) is 0 Å². The number of hydrogen-bond donors (Lipinski definition) is 3. The Hall–Kier alpha value is -4.27. The Balaban J connectivity index is 0. The van der Waals surface area contributed by atoms with Crippen molar-refractivity contribution in [2.24, 2.45) is 16.6 Å². The van der Waals surface area contributed by atoms with Crippen molar-refractivity contribution in [1.82, 2.24) is 20.4 Å². The minimum Gasteiger partial charge on any atom is -0.391 e. The summed E-state index contributed by atoms with van der Waals surface area (Å²) in [5.74, 6) is -0.0906. The molecule has 7 nitrogen and oxygen atoms in total. The zero-order valence-corrected chi connectivity index (χ0v) is 37.9. The zero-order valence-electron chi connectivity index (χ0n) is 37.9. The lowest BCUT2D eigenvalue weighted by molar-refractivity contribution is -0.108. The highest BCUT2D eigenvalue weighted by Crippen LogP contribution is 2.25. The highest BCUT2D eigenvalue weighted by Gasteiger charge is 2.34. The second-order valence-electron chi connectivity index (χ2n) is 14.1. The number of likely N-dealkylation sites (tertiary alicyclic amines) is 1. The van der Waals surface area contributed by atoms with Crippen LogP contribution in [0, 0.1) is 11.7 Å². The van der Waals surface area contributed by atoms with Crippen molar-refractivity contribution in [3.05, 3.63) is 127 Å². The number of aldehydes is 1. The molecule has 0 aromatic heterocycles. The lowest BCUT2D eigenvalue weighted by Crippen LogP contribution is -2.43. The van der Waals surface area contributed by atoms with Crippen molar-refractivity contribution in [1.29, 1.82) is 0 Å². The van der Waals surface area contributed by atoms with Crippen LogP contribution in [0.5, 0.6) is 0 Å². The van der Waals surface area contributed by atoms with Gasteiger partial charge in [0, 0.05) is 81.7 Å². The first kappa shape index (κ1) is 54.8. The number of nitrogens with two attached hydrogens (primary N) is 1. The van der Waals surface area contributed by atoms with Crippen molar-refractivity contribution in [2.75, 3.05) is 39.8 Å². The van der Waals surface area contributed by atoms with E-state index in [0.29, 0.717) is 6.42 Å². The third-order valence-electron chi connectivity index (χ3n) is 9.41. The first-order valence-corrected chi connectivity index (χ1v) is 21.0. The van der Waals surface area contributed by atoms with Gasteiger partial charge >= 0.3 is 0 Å². The molecule has 57 heavy (non-hydrogen) atoms. The predicted octanol–water partition coefficient (Wildman–Crippen LogP) is 11.2. The molecule has 1 saturated heterocycles. The molecule has 0 amide bonds. The van der Waals surface area contributed by atoms with Gasteiger partial charge in [-0.2, -0.15) is 0 Å². The maximum absolute atomic E-state index is 12.7. The lowest BCUT2D eigenvalue weighted by Gasteiger charge is -2.30. The molecule has 2 aliphatic rings. The molecule has 3 atom stereocenters. The number of rotatable bonds is 18. The number of carbonyl (C=O) groups excluding carboxylic acids is 1. The first-order valence-electron chi connectivity index (χ1n) is 21.0. The Kier molecular flexibility index (Phi) is 31.5. The third kappa shape index (κ3) is 23.5. The highest BCUT2D eigenvalue weighted by molar-refractivity contribution is 5.67. The lowest BCUT2D eigenvalue weighted by atomic mass is 9.93. The van der Waals surface area contributed by atoms with E-state index in [-0.39, 0.29) is 23.4 Å². The molecular formula is C49H81FN6O. The summed E-state index contributed by atoms with van der Waals surface area (Å²) in [5, 5.41) is 6.31. The second kappa shape index (κ2) is 32.8. The van der Waals surface area contributed by atoms with Crippen LogP contribution in [0.25, 0.3) is 5.57 Å². The summed E-state index contributed by atoms with van der Waals surface area (Å²) < 4.78 is 12.7. The van der Waals surface area contributed by atoms with Gasteiger partial charge in [0.2, 0.25) is 0 Å². The Morgan fingerprint density at radius 3 is 2.26 bits per heavy atom. The summed E-state index contributed by atoms with van der Waals surface area (Å²) in [6, 6.07) is 6.35. The number of nitrogens with zero attached hydrogens (tertiary/aromatic N) is 3. The van der Waals surface area contributed by atoms with Crippen LogP contribution in [-0.2, 0) is 4.79 Å². The Morgan fingerprint density at radius 1 is 1.09 bits per heavy atom. The maximum Gasteiger partial charge on any atom is 0.143 e. The van der Waals surface area contributed by atoms with Gasteiger partial charge in [0.1, 0.15) is 18.3 Å². The van der Waals surface area contributed by atoms with E-state index in [0.717, 1.165) is 105 Å². The Labute approximate surface area is 349 Å². The quantitative estimate of drug-likeness (QED) is 0.0780. The SMILES string of the molecule is C=C(/C=C\C(=C/C)C1N=CCC=CN1)CCCN(CCC)C(=C)CN1CCC(N)(CC=O)C1.C=C(NC)C(C)C(=C)c1ccc(F)cc1.CC.CC.CC=C(C)C. The van der Waals surface area contributed by atoms with Crippen LogP contribution in [0.3, 0.4) is 0 Å². The average molecular weight is 789 g/mol. The monoisotopic (exact) mass is 789 g/mol. The molecule has 3 rings (SSSR count). The molecule has 3 unspecified atom stereocenters. The molecule has 2 heterocycles. The molecule has 2 aliphatic heterocycles. The summed E-state index contributed by atoms with van der Waals surface area (Å²) in [6.45, 7) is 41.4. The zero-order chi connectivity index (χ0) is 43.8. The summed E-state index contributed by atoms with van der Waals surface area (Å²) >= 11 is 0. The van der Waals surface area contributed by atoms with E-state index in [1.165, 1.54) is 17.7 Å². The summed E-state index contributed by atoms with van der Waals surface area (Å²) in [5.41, 5.74) is 13.5. The van der Waals surface area contributed by atoms with E-state index in [9.17, 15) is 9.18 Å². The molecule has 0 bridgehead atoms. The van der Waals surface area contributed by atoms with E-state index in [1.54, 1.807) is 12.1 Å². The molecule has 1 aromatic rings. The van der Waals surface area contributed by atoms with Gasteiger partial charge < -0.3 is 26.1 Å². The molecule has 8 heteroatoms. The van der Waals surface area contributed by atoms with Crippen LogP contribution in [0.4, 0.5) is 4.39 Å². The van der Waals surface area contributed by atoms with Crippen LogP contribution in [-0.4, -0.2) is 73.8 Å². The minimum atomic E-state index is -0.374. The van der Waals surface area contributed by atoms with E-state index in [1.807, 2.05) is 67.9 Å². The fourth-order valence-corrected chi connectivity index (χ4v) is 5.67. The standard InChI is InChI=1S/C27H43N5O.C13H16FN.C5H10.2C2H6/c1-5-17-32(24(4)21-31-19-13-27(28,22-31)14-20-33)18-9-10-23(3)11-12-25(6-2)26-29-15-7-8-16-30-26;1-9(11(3)15-4)10(2)12-5-7-13(14)8-6-12;1-4-5(2)3;2*1-2/h6-7,11-12,15-16,20,26,29H,3-5,8-10,13-14,17-19,21-22,28H2,1-2H3;5-9,15H,2-3H2,1,4H3;4H,1-3H3;2*1-2H3/b12-11-,25-6+;;;;. The number of halogens is 1. The fraction of sp³-hybridized carbons (Fsp3) is 0.510. The van der Waals surface area contributed by atoms with E-state index in [2.05, 4.69) is 103 Å².